The molecule has 0 amide bonds. The van der Waals surface area contributed by atoms with Crippen molar-refractivity contribution in [2.75, 3.05) is 11.9 Å². The van der Waals surface area contributed by atoms with Crippen LogP contribution in [-0.4, -0.2) is 17.3 Å². The highest BCUT2D eigenvalue weighted by Crippen LogP contribution is 2.23. The van der Waals surface area contributed by atoms with Gasteiger partial charge >= 0.3 is 0 Å². The maximum absolute atomic E-state index is 9.65. The number of benzene rings is 1. The van der Waals surface area contributed by atoms with E-state index < -0.39 is 5.60 Å². The van der Waals surface area contributed by atoms with Gasteiger partial charge in [-0.25, -0.2) is 0 Å². The smallest absolute Gasteiger partial charge is 0.0763 e. The quantitative estimate of drug-likeness (QED) is 0.795. The molecule has 0 bridgehead atoms. The summed E-state index contributed by atoms with van der Waals surface area (Å²) >= 11 is 0. The average molecular weight is 207 g/mol. The Labute approximate surface area is 92.3 Å². The van der Waals surface area contributed by atoms with Gasteiger partial charge in [-0.1, -0.05) is 32.0 Å². The summed E-state index contributed by atoms with van der Waals surface area (Å²) in [5.74, 6) is 0.496. The van der Waals surface area contributed by atoms with Crippen LogP contribution < -0.4 is 5.32 Å². The molecule has 1 rings (SSSR count). The molecule has 2 heteroatoms. The van der Waals surface area contributed by atoms with Crippen molar-refractivity contribution in [3.8, 4) is 0 Å². The molecular weight excluding hydrogens is 186 g/mol. The Morgan fingerprint density at radius 2 is 1.87 bits per heavy atom. The number of rotatable bonds is 4. The first-order chi connectivity index (χ1) is 6.90. The molecule has 0 radical (unpaired) electrons. The van der Waals surface area contributed by atoms with Gasteiger partial charge in [0.05, 0.1) is 5.60 Å². The van der Waals surface area contributed by atoms with Crippen LogP contribution in [0, 0.1) is 0 Å². The van der Waals surface area contributed by atoms with Crippen molar-refractivity contribution in [1.82, 2.24) is 0 Å². The minimum absolute atomic E-state index is 0.496. The Hall–Kier alpha value is -1.02. The number of hydrogen-bond acceptors (Lipinski definition) is 2. The second-order valence-corrected chi connectivity index (χ2v) is 4.91. The highest BCUT2D eigenvalue weighted by atomic mass is 16.3. The topological polar surface area (TPSA) is 32.3 Å². The van der Waals surface area contributed by atoms with Crippen LogP contribution in [0.4, 0.5) is 5.69 Å². The third-order valence-electron chi connectivity index (χ3n) is 2.29. The fraction of sp³-hybridized carbons (Fsp3) is 0.538. The molecule has 84 valence electrons. The second-order valence-electron chi connectivity index (χ2n) is 4.91. The summed E-state index contributed by atoms with van der Waals surface area (Å²) in [6.07, 6.45) is 0. The summed E-state index contributed by atoms with van der Waals surface area (Å²) in [4.78, 5) is 0. The molecule has 0 aliphatic carbocycles. The largest absolute Gasteiger partial charge is 0.389 e. The molecule has 2 nitrogen and oxygen atoms in total. The van der Waals surface area contributed by atoms with Crippen molar-refractivity contribution in [3.05, 3.63) is 29.8 Å². The molecule has 0 unspecified atom stereocenters. The molecule has 0 saturated carbocycles. The van der Waals surface area contributed by atoms with Crippen LogP contribution in [0.1, 0.15) is 39.2 Å². The molecule has 2 N–H and O–H groups in total. The van der Waals surface area contributed by atoms with Crippen molar-refractivity contribution in [3.63, 3.8) is 0 Å². The summed E-state index contributed by atoms with van der Waals surface area (Å²) < 4.78 is 0. The van der Waals surface area contributed by atoms with E-state index in [-0.39, 0.29) is 0 Å². The van der Waals surface area contributed by atoms with Gasteiger partial charge in [-0.15, -0.1) is 0 Å². The molecule has 15 heavy (non-hydrogen) atoms. The maximum Gasteiger partial charge on any atom is 0.0763 e. The SMILES string of the molecule is CC(C)c1ccccc1NCC(C)(C)O. The van der Waals surface area contributed by atoms with Gasteiger partial charge in [0.1, 0.15) is 0 Å². The number of nitrogens with one attached hydrogen (secondary N) is 1. The van der Waals surface area contributed by atoms with Crippen LogP contribution in [0.5, 0.6) is 0 Å². The maximum atomic E-state index is 9.65. The van der Waals surface area contributed by atoms with Gasteiger partial charge in [0, 0.05) is 12.2 Å². The zero-order valence-corrected chi connectivity index (χ0v) is 10.0. The summed E-state index contributed by atoms with van der Waals surface area (Å²) in [7, 11) is 0. The lowest BCUT2D eigenvalue weighted by atomic mass is 10.0. The van der Waals surface area contributed by atoms with Crippen molar-refractivity contribution >= 4 is 5.69 Å². The van der Waals surface area contributed by atoms with Gasteiger partial charge in [-0.2, -0.15) is 0 Å². The standard InChI is InChI=1S/C13H21NO/c1-10(2)11-7-5-6-8-12(11)14-9-13(3,4)15/h5-8,10,14-15H,9H2,1-4H3. The van der Waals surface area contributed by atoms with Crippen LogP contribution in [0.15, 0.2) is 24.3 Å². The molecule has 0 atom stereocenters. The molecule has 1 aromatic carbocycles. The minimum Gasteiger partial charge on any atom is -0.389 e. The normalized spacial score (nSPS) is 11.9. The predicted octanol–water partition coefficient (Wildman–Crippen LogP) is 2.99. The van der Waals surface area contributed by atoms with E-state index in [0.29, 0.717) is 12.5 Å². The molecule has 1 aromatic rings. The van der Waals surface area contributed by atoms with E-state index in [4.69, 9.17) is 0 Å². The Morgan fingerprint density at radius 1 is 1.27 bits per heavy atom. The second kappa shape index (κ2) is 4.67. The van der Waals surface area contributed by atoms with Crippen LogP contribution in [0.3, 0.4) is 0 Å². The highest BCUT2D eigenvalue weighted by Gasteiger charge is 2.13. The van der Waals surface area contributed by atoms with Gasteiger partial charge < -0.3 is 10.4 Å². The van der Waals surface area contributed by atoms with E-state index >= 15 is 0 Å². The Balaban J connectivity index is 2.76. The lowest BCUT2D eigenvalue weighted by Gasteiger charge is -2.21. The van der Waals surface area contributed by atoms with Crippen molar-refractivity contribution in [1.29, 1.82) is 0 Å². The third kappa shape index (κ3) is 3.92. The molecular formula is C13H21NO. The van der Waals surface area contributed by atoms with Crippen LogP contribution in [0.2, 0.25) is 0 Å². The average Bonchev–Trinajstić information content (AvgIpc) is 2.14. The van der Waals surface area contributed by atoms with Crippen LogP contribution >= 0.6 is 0 Å². The molecule has 0 saturated heterocycles. The first-order valence-electron chi connectivity index (χ1n) is 5.45. The lowest BCUT2D eigenvalue weighted by Crippen LogP contribution is -2.29. The van der Waals surface area contributed by atoms with E-state index in [1.54, 1.807) is 13.8 Å². The van der Waals surface area contributed by atoms with Gasteiger partial charge in [0.25, 0.3) is 0 Å². The van der Waals surface area contributed by atoms with E-state index in [9.17, 15) is 5.11 Å². The van der Waals surface area contributed by atoms with E-state index in [0.717, 1.165) is 5.69 Å². The third-order valence-corrected chi connectivity index (χ3v) is 2.29. The number of para-hydroxylation sites is 1. The van der Waals surface area contributed by atoms with Gasteiger partial charge in [-0.05, 0) is 31.4 Å². The fourth-order valence-electron chi connectivity index (χ4n) is 1.47. The van der Waals surface area contributed by atoms with E-state index in [2.05, 4.69) is 31.3 Å². The summed E-state index contributed by atoms with van der Waals surface area (Å²) in [6, 6.07) is 8.24. The minimum atomic E-state index is -0.676. The monoisotopic (exact) mass is 207 g/mol. The number of anilines is 1. The summed E-state index contributed by atoms with van der Waals surface area (Å²) in [6.45, 7) is 8.52. The van der Waals surface area contributed by atoms with Crippen molar-refractivity contribution in [2.24, 2.45) is 0 Å². The lowest BCUT2D eigenvalue weighted by molar-refractivity contribution is 0.0945. The predicted molar refractivity (Wildman–Crippen MR) is 65.3 cm³/mol. The first kappa shape index (κ1) is 12.1. The summed E-state index contributed by atoms with van der Waals surface area (Å²) in [5, 5.41) is 12.9. The fourth-order valence-corrected chi connectivity index (χ4v) is 1.47. The van der Waals surface area contributed by atoms with Crippen LogP contribution in [0.25, 0.3) is 0 Å². The molecule has 0 aliphatic heterocycles. The van der Waals surface area contributed by atoms with E-state index in [1.807, 2.05) is 12.1 Å². The Kier molecular flexibility index (Phi) is 3.75. The zero-order valence-electron chi connectivity index (χ0n) is 10.0. The van der Waals surface area contributed by atoms with Crippen LogP contribution in [-0.2, 0) is 0 Å². The first-order valence-corrected chi connectivity index (χ1v) is 5.45. The summed E-state index contributed by atoms with van der Waals surface area (Å²) in [5.41, 5.74) is 1.74. The van der Waals surface area contributed by atoms with Gasteiger partial charge in [-0.3, -0.25) is 0 Å². The molecule has 0 heterocycles. The molecule has 0 aliphatic rings. The van der Waals surface area contributed by atoms with Crippen molar-refractivity contribution < 1.29 is 5.11 Å². The molecule has 0 aromatic heterocycles. The molecule has 0 fully saturated rings. The number of hydrogen-bond donors (Lipinski definition) is 2. The number of aliphatic hydroxyl groups is 1. The van der Waals surface area contributed by atoms with E-state index in [1.165, 1.54) is 5.56 Å². The van der Waals surface area contributed by atoms with Crippen molar-refractivity contribution in [2.45, 2.75) is 39.2 Å². The molecule has 0 spiro atoms. The highest BCUT2D eigenvalue weighted by molar-refractivity contribution is 5.52. The Bertz CT molecular complexity index is 313. The van der Waals surface area contributed by atoms with Gasteiger partial charge in [0.15, 0.2) is 0 Å². The van der Waals surface area contributed by atoms with Gasteiger partial charge in [0.2, 0.25) is 0 Å². The zero-order chi connectivity index (χ0) is 11.5. The Morgan fingerprint density at radius 3 is 2.40 bits per heavy atom.